The summed E-state index contributed by atoms with van der Waals surface area (Å²) < 4.78 is 98.5. The summed E-state index contributed by atoms with van der Waals surface area (Å²) in [5.41, 5.74) is 2.29. The van der Waals surface area contributed by atoms with Crippen LogP contribution in [0, 0.1) is 0 Å². The molecule has 0 amide bonds. The van der Waals surface area contributed by atoms with Gasteiger partial charge >= 0.3 is 0 Å². The van der Waals surface area contributed by atoms with Crippen LogP contribution in [-0.4, -0.2) is 105 Å². The first-order valence-electron chi connectivity index (χ1n) is 13.8. The van der Waals surface area contributed by atoms with Crippen molar-refractivity contribution in [3.63, 3.8) is 0 Å². The van der Waals surface area contributed by atoms with Crippen molar-refractivity contribution in [1.82, 2.24) is 0 Å². The number of aliphatic hydroxyl groups is 1. The summed E-state index contributed by atoms with van der Waals surface area (Å²) in [6, 6.07) is 6.46. The molecule has 3 rings (SSSR count). The lowest BCUT2D eigenvalue weighted by molar-refractivity contribution is -0.490. The quantitative estimate of drug-likeness (QED) is 0.171. The SMILES string of the molecule is CCCS(=O)(=O)S(=O)(=O)CCN(C)c1ccc(C2=C(O)C(=C3C=CC(=[N+](C)CCS(=O)(=O)S(=O)(=O)CCC)C=C3)C2=O)cc1. The van der Waals surface area contributed by atoms with Gasteiger partial charge in [-0.05, 0) is 48.3 Å². The highest BCUT2D eigenvalue weighted by molar-refractivity contribution is 8.67. The molecule has 0 bridgehead atoms. The maximum Gasteiger partial charge on any atom is 0.259 e. The molecule has 0 atom stereocenters. The van der Waals surface area contributed by atoms with E-state index in [9.17, 15) is 43.6 Å². The number of hydrogen-bond donors (Lipinski definition) is 1. The Kier molecular flexibility index (Phi) is 10.9. The molecule has 0 aliphatic heterocycles. The summed E-state index contributed by atoms with van der Waals surface area (Å²) in [6.45, 7) is 3.05. The molecule has 44 heavy (non-hydrogen) atoms. The van der Waals surface area contributed by atoms with Crippen LogP contribution in [0.15, 0.2) is 65.5 Å². The minimum Gasteiger partial charge on any atom is -0.506 e. The van der Waals surface area contributed by atoms with E-state index in [1.54, 1.807) is 86.0 Å². The lowest BCUT2D eigenvalue weighted by Gasteiger charge is -2.24. The topological polar surface area (TPSA) is 180 Å². The number of aliphatic hydroxyl groups excluding tert-OH is 1. The second kappa shape index (κ2) is 13.5. The van der Waals surface area contributed by atoms with Crippen LogP contribution in [0.5, 0.6) is 0 Å². The highest BCUT2D eigenvalue weighted by Gasteiger charge is 2.37. The number of anilines is 1. The fourth-order valence-electron chi connectivity index (χ4n) is 4.47. The number of allylic oxidation sites excluding steroid dienone is 7. The minimum absolute atomic E-state index is 0.0611. The van der Waals surface area contributed by atoms with Gasteiger partial charge in [0, 0.05) is 31.4 Å². The van der Waals surface area contributed by atoms with Crippen LogP contribution >= 0.6 is 0 Å². The lowest BCUT2D eigenvalue weighted by Crippen LogP contribution is -2.30. The summed E-state index contributed by atoms with van der Waals surface area (Å²) >= 11 is 0. The molecule has 0 fully saturated rings. The first-order valence-corrected chi connectivity index (χ1v) is 21.4. The second-order valence-electron chi connectivity index (χ2n) is 10.4. The number of carbonyl (C=O) groups excluding carboxylic acids is 1. The maximum absolute atomic E-state index is 13.0. The summed E-state index contributed by atoms with van der Waals surface area (Å²) in [5, 5.41) is 10.7. The van der Waals surface area contributed by atoms with Gasteiger partial charge in [0.2, 0.25) is 5.78 Å². The predicted octanol–water partition coefficient (Wildman–Crippen LogP) is 1.79. The summed E-state index contributed by atoms with van der Waals surface area (Å²) in [7, 11) is -13.9. The molecule has 16 heteroatoms. The van der Waals surface area contributed by atoms with Gasteiger partial charge in [0.25, 0.3) is 35.5 Å². The first kappa shape index (κ1) is 35.4. The molecule has 1 N–H and O–H groups in total. The van der Waals surface area contributed by atoms with Gasteiger partial charge < -0.3 is 10.0 Å². The molecule has 0 aromatic heterocycles. The summed E-state index contributed by atoms with van der Waals surface area (Å²) in [5.74, 6) is -2.57. The van der Waals surface area contributed by atoms with Crippen LogP contribution in [0.3, 0.4) is 0 Å². The first-order chi connectivity index (χ1) is 20.4. The fourth-order valence-corrected chi connectivity index (χ4v) is 12.0. The number of Topliss-reactive ketones (excluding diaryl/α,β-unsaturated/α-hetero) is 1. The van der Waals surface area contributed by atoms with E-state index in [2.05, 4.69) is 0 Å². The van der Waals surface area contributed by atoms with Gasteiger partial charge in [-0.1, -0.05) is 26.0 Å². The molecular formula is C28H37N2O10S4+. The number of rotatable bonds is 14. The Bertz CT molecular complexity index is 1900. The monoisotopic (exact) mass is 689 g/mol. The number of benzene rings is 1. The lowest BCUT2D eigenvalue weighted by atomic mass is 9.80. The zero-order valence-corrected chi connectivity index (χ0v) is 28.2. The van der Waals surface area contributed by atoms with Crippen molar-refractivity contribution in [3.8, 4) is 0 Å². The van der Waals surface area contributed by atoms with Crippen LogP contribution < -0.4 is 4.90 Å². The third kappa shape index (κ3) is 7.41. The zero-order chi connectivity index (χ0) is 33.1. The van der Waals surface area contributed by atoms with E-state index in [1.165, 1.54) is 0 Å². The van der Waals surface area contributed by atoms with Crippen LogP contribution in [0.2, 0.25) is 0 Å². The molecule has 242 valence electrons. The van der Waals surface area contributed by atoms with Gasteiger partial charge in [-0.3, -0.25) is 4.79 Å². The average molecular weight is 690 g/mol. The molecule has 0 heterocycles. The van der Waals surface area contributed by atoms with E-state index in [0.717, 1.165) is 0 Å². The van der Waals surface area contributed by atoms with E-state index in [1.807, 2.05) is 0 Å². The van der Waals surface area contributed by atoms with Crippen molar-refractivity contribution in [1.29, 1.82) is 0 Å². The van der Waals surface area contributed by atoms with Gasteiger partial charge in [-0.25, -0.2) is 38.2 Å². The third-order valence-corrected chi connectivity index (χ3v) is 18.5. The standard InChI is InChI=1S/C28H36N2O10S4/c1-5-17-41(33,34)43(37,38)19-15-29(3)23-11-7-21(8-12-23)25-27(31)26(28(25)32)22-9-13-24(14-10-22)30(4)16-20-44(39,40)42(35,36)18-6-2/h7-14H,5-6,15-20H2,1-4H3/p+1. The highest BCUT2D eigenvalue weighted by atomic mass is 33.2. The van der Waals surface area contributed by atoms with Gasteiger partial charge in [0.1, 0.15) is 18.6 Å². The molecule has 0 saturated carbocycles. The van der Waals surface area contributed by atoms with Gasteiger partial charge in [0.05, 0.1) is 28.4 Å². The molecule has 0 radical (unpaired) electrons. The van der Waals surface area contributed by atoms with Crippen LogP contribution in [0.1, 0.15) is 32.3 Å². The Labute approximate surface area is 258 Å². The fraction of sp³-hybridized carbons (Fsp3) is 0.429. The minimum atomic E-state index is -4.32. The van der Waals surface area contributed by atoms with Crippen LogP contribution in [0.25, 0.3) is 5.57 Å². The van der Waals surface area contributed by atoms with Gasteiger partial charge in [0.15, 0.2) is 12.3 Å². The predicted molar refractivity (Wildman–Crippen MR) is 171 cm³/mol. The molecule has 2 aliphatic carbocycles. The normalized spacial score (nSPS) is 16.0. The van der Waals surface area contributed by atoms with Crippen molar-refractivity contribution >= 4 is 58.2 Å². The molecule has 0 saturated heterocycles. The Hall–Kier alpha value is -3.08. The highest BCUT2D eigenvalue weighted by Crippen LogP contribution is 2.39. The number of carbonyl (C=O) groups is 1. The van der Waals surface area contributed by atoms with Crippen molar-refractivity contribution in [3.05, 3.63) is 71.0 Å². The zero-order valence-electron chi connectivity index (χ0n) is 24.9. The van der Waals surface area contributed by atoms with Crippen molar-refractivity contribution in [2.24, 2.45) is 0 Å². The summed E-state index contributed by atoms with van der Waals surface area (Å²) in [4.78, 5) is 14.6. The number of nitrogens with zero attached hydrogens (tertiary/aromatic N) is 2. The molecule has 2 aliphatic rings. The Morgan fingerprint density at radius 3 is 1.66 bits per heavy atom. The maximum atomic E-state index is 13.0. The molecule has 0 unspecified atom stereocenters. The van der Waals surface area contributed by atoms with Crippen molar-refractivity contribution < 1.29 is 48.1 Å². The largest absolute Gasteiger partial charge is 0.506 e. The van der Waals surface area contributed by atoms with E-state index >= 15 is 0 Å². The number of hydrogen-bond acceptors (Lipinski definition) is 11. The van der Waals surface area contributed by atoms with Gasteiger partial charge in [-0.2, -0.15) is 0 Å². The van der Waals surface area contributed by atoms with E-state index in [0.29, 0.717) is 22.5 Å². The van der Waals surface area contributed by atoms with Crippen molar-refractivity contribution in [2.75, 3.05) is 55.1 Å². The molecule has 1 aromatic rings. The Morgan fingerprint density at radius 2 is 1.18 bits per heavy atom. The average Bonchev–Trinajstić information content (AvgIpc) is 2.95. The Balaban J connectivity index is 1.71. The second-order valence-corrected chi connectivity index (χ2v) is 22.6. The molecule has 12 nitrogen and oxygen atoms in total. The molecule has 1 aromatic carbocycles. The van der Waals surface area contributed by atoms with Crippen molar-refractivity contribution in [2.45, 2.75) is 26.7 Å². The third-order valence-electron chi connectivity index (χ3n) is 7.16. The molecular weight excluding hydrogens is 653 g/mol. The van der Waals surface area contributed by atoms with Gasteiger partial charge in [-0.15, -0.1) is 0 Å². The smallest absolute Gasteiger partial charge is 0.259 e. The van der Waals surface area contributed by atoms with Crippen LogP contribution in [-0.2, 0) is 40.3 Å². The number of ketones is 1. The van der Waals surface area contributed by atoms with Crippen LogP contribution in [0.4, 0.5) is 5.69 Å². The van der Waals surface area contributed by atoms with E-state index < -0.39 is 58.5 Å². The summed E-state index contributed by atoms with van der Waals surface area (Å²) in [6.07, 6.45) is 6.86. The van der Waals surface area contributed by atoms with E-state index in [4.69, 9.17) is 0 Å². The van der Waals surface area contributed by atoms with E-state index in [-0.39, 0.29) is 48.6 Å². The Morgan fingerprint density at radius 1 is 0.705 bits per heavy atom. The molecule has 0 spiro atoms.